The van der Waals surface area contributed by atoms with Crippen molar-refractivity contribution < 1.29 is 4.79 Å². The molecule has 9 heteroatoms. The van der Waals surface area contributed by atoms with Gasteiger partial charge in [0.15, 0.2) is 5.13 Å². The number of anilines is 1. The van der Waals surface area contributed by atoms with Gasteiger partial charge >= 0.3 is 0 Å². The molecule has 0 radical (unpaired) electrons. The molecule has 32 heavy (non-hydrogen) atoms. The van der Waals surface area contributed by atoms with Crippen LogP contribution in [0.5, 0.6) is 0 Å². The van der Waals surface area contributed by atoms with Crippen molar-refractivity contribution in [3.05, 3.63) is 61.3 Å². The van der Waals surface area contributed by atoms with Crippen LogP contribution in [-0.4, -0.2) is 26.6 Å². The Bertz CT molecular complexity index is 1390. The van der Waals surface area contributed by atoms with Crippen LogP contribution in [0, 0.1) is 13.8 Å². The maximum absolute atomic E-state index is 12.5. The van der Waals surface area contributed by atoms with Crippen molar-refractivity contribution in [1.29, 1.82) is 0 Å². The van der Waals surface area contributed by atoms with Crippen molar-refractivity contribution in [2.24, 2.45) is 0 Å². The highest BCUT2D eigenvalue weighted by molar-refractivity contribution is 7.99. The van der Waals surface area contributed by atoms with Crippen LogP contribution < -0.4 is 10.9 Å². The van der Waals surface area contributed by atoms with E-state index < -0.39 is 0 Å². The first-order chi connectivity index (χ1) is 15.5. The molecule has 164 valence electrons. The molecule has 0 fully saturated rings. The van der Waals surface area contributed by atoms with Crippen molar-refractivity contribution in [1.82, 2.24) is 15.0 Å². The van der Waals surface area contributed by atoms with Crippen LogP contribution in [0.1, 0.15) is 33.8 Å². The minimum absolute atomic E-state index is 0.0592. The van der Waals surface area contributed by atoms with E-state index in [9.17, 15) is 9.59 Å². The van der Waals surface area contributed by atoms with E-state index in [2.05, 4.69) is 46.2 Å². The van der Waals surface area contributed by atoms with Gasteiger partial charge in [0, 0.05) is 15.8 Å². The number of aromatic nitrogens is 3. The summed E-state index contributed by atoms with van der Waals surface area (Å²) in [6, 6.07) is 6.24. The predicted molar refractivity (Wildman–Crippen MR) is 134 cm³/mol. The van der Waals surface area contributed by atoms with Gasteiger partial charge in [-0.05, 0) is 55.9 Å². The van der Waals surface area contributed by atoms with Crippen LogP contribution in [0.2, 0.25) is 0 Å². The highest BCUT2D eigenvalue weighted by Gasteiger charge is 2.21. The number of fused-ring (bicyclic) bond motifs is 3. The van der Waals surface area contributed by atoms with E-state index in [1.807, 2.05) is 11.4 Å². The third-order valence-electron chi connectivity index (χ3n) is 5.65. The van der Waals surface area contributed by atoms with Crippen LogP contribution >= 0.6 is 34.4 Å². The van der Waals surface area contributed by atoms with E-state index in [1.54, 1.807) is 11.3 Å². The topological polar surface area (TPSA) is 87.7 Å². The number of aryl methyl sites for hydroxylation is 4. The quantitative estimate of drug-likeness (QED) is 0.400. The molecule has 0 spiro atoms. The third-order valence-corrected chi connectivity index (χ3v) is 8.54. The third kappa shape index (κ3) is 4.24. The van der Waals surface area contributed by atoms with Crippen molar-refractivity contribution in [2.75, 3.05) is 11.1 Å². The Kier molecular flexibility index (Phi) is 5.88. The molecule has 5 rings (SSSR count). The number of thioether (sulfide) groups is 1. The lowest BCUT2D eigenvalue weighted by molar-refractivity contribution is -0.113. The number of nitrogens with one attached hydrogen (secondary N) is 2. The monoisotopic (exact) mass is 482 g/mol. The van der Waals surface area contributed by atoms with E-state index in [1.165, 1.54) is 44.7 Å². The molecule has 0 bridgehead atoms. The molecule has 1 aliphatic rings. The van der Waals surface area contributed by atoms with Crippen molar-refractivity contribution in [3.63, 3.8) is 0 Å². The summed E-state index contributed by atoms with van der Waals surface area (Å²) in [6.45, 7) is 4.16. The van der Waals surface area contributed by atoms with Gasteiger partial charge in [-0.1, -0.05) is 12.1 Å². The van der Waals surface area contributed by atoms with Gasteiger partial charge in [-0.25, -0.2) is 9.97 Å². The maximum Gasteiger partial charge on any atom is 0.259 e. The number of thiazole rings is 1. The highest BCUT2D eigenvalue weighted by Crippen LogP contribution is 2.34. The summed E-state index contributed by atoms with van der Waals surface area (Å²) in [4.78, 5) is 39.1. The van der Waals surface area contributed by atoms with Crippen LogP contribution in [0.4, 0.5) is 5.13 Å². The van der Waals surface area contributed by atoms with Gasteiger partial charge in [0.2, 0.25) is 5.91 Å². The lowest BCUT2D eigenvalue weighted by atomic mass is 10.1. The molecule has 3 heterocycles. The molecule has 3 aromatic heterocycles. The summed E-state index contributed by atoms with van der Waals surface area (Å²) in [5.74, 6) is 1.25. The maximum atomic E-state index is 12.5. The number of aromatic amines is 1. The molecule has 0 saturated carbocycles. The largest absolute Gasteiger partial charge is 0.309 e. The molecular weight excluding hydrogens is 460 g/mol. The van der Waals surface area contributed by atoms with E-state index >= 15 is 0 Å². The second-order valence-electron chi connectivity index (χ2n) is 7.93. The van der Waals surface area contributed by atoms with Crippen molar-refractivity contribution in [3.8, 4) is 11.3 Å². The molecule has 0 atom stereocenters. The van der Waals surface area contributed by atoms with Crippen molar-refractivity contribution in [2.45, 2.75) is 38.9 Å². The first-order valence-electron chi connectivity index (χ1n) is 10.4. The van der Waals surface area contributed by atoms with E-state index in [0.717, 1.165) is 40.7 Å². The van der Waals surface area contributed by atoms with Gasteiger partial charge in [-0.15, -0.1) is 34.4 Å². The Hall–Kier alpha value is -2.49. The van der Waals surface area contributed by atoms with Gasteiger partial charge in [0.25, 0.3) is 5.56 Å². The van der Waals surface area contributed by atoms with Crippen LogP contribution in [0.3, 0.4) is 0 Å². The smallest absolute Gasteiger partial charge is 0.259 e. The summed E-state index contributed by atoms with van der Waals surface area (Å²) in [5, 5.41) is 6.17. The highest BCUT2D eigenvalue weighted by atomic mass is 32.2. The predicted octanol–water partition coefficient (Wildman–Crippen LogP) is 5.09. The number of H-pyrrole nitrogens is 1. The number of nitrogens with zero attached hydrogens (tertiary/aromatic N) is 2. The van der Waals surface area contributed by atoms with Crippen LogP contribution in [-0.2, 0) is 23.4 Å². The zero-order valence-electron chi connectivity index (χ0n) is 17.8. The first kappa shape index (κ1) is 21.4. The minimum atomic E-state index is -0.116. The second kappa shape index (κ2) is 8.80. The Morgan fingerprint density at radius 1 is 1.22 bits per heavy atom. The molecule has 6 nitrogen and oxygen atoms in total. The Morgan fingerprint density at radius 3 is 2.94 bits per heavy atom. The van der Waals surface area contributed by atoms with Gasteiger partial charge in [-0.3, -0.25) is 9.59 Å². The number of carbonyl (C=O) groups excluding carboxylic acids is 1. The summed E-state index contributed by atoms with van der Waals surface area (Å²) in [5.41, 5.74) is 5.49. The van der Waals surface area contributed by atoms with Crippen LogP contribution in [0.25, 0.3) is 21.5 Å². The normalized spacial score (nSPS) is 12.9. The fourth-order valence-electron chi connectivity index (χ4n) is 3.88. The molecule has 4 aromatic rings. The number of hydrogen-bond donors (Lipinski definition) is 2. The lowest BCUT2D eigenvalue weighted by Gasteiger charge is -2.04. The van der Waals surface area contributed by atoms with E-state index in [4.69, 9.17) is 0 Å². The molecule has 1 amide bonds. The summed E-state index contributed by atoms with van der Waals surface area (Å²) >= 11 is 4.47. The number of hydrogen-bond acceptors (Lipinski definition) is 7. The second-order valence-corrected chi connectivity index (χ2v) is 10.9. The fraction of sp³-hybridized carbons (Fsp3) is 0.304. The van der Waals surface area contributed by atoms with Gasteiger partial charge < -0.3 is 10.3 Å². The molecular formula is C23H22N4O2S3. The lowest BCUT2D eigenvalue weighted by Crippen LogP contribution is -2.15. The Morgan fingerprint density at radius 2 is 2.09 bits per heavy atom. The summed E-state index contributed by atoms with van der Waals surface area (Å²) < 4.78 is 0. The average molecular weight is 483 g/mol. The molecule has 1 aliphatic carbocycles. The Labute approximate surface area is 197 Å². The Balaban J connectivity index is 1.18. The number of carbonyl (C=O) groups is 1. The van der Waals surface area contributed by atoms with E-state index in [0.29, 0.717) is 16.7 Å². The van der Waals surface area contributed by atoms with Crippen molar-refractivity contribution >= 4 is 55.7 Å². The molecule has 0 aliphatic heterocycles. The number of amides is 1. The van der Waals surface area contributed by atoms with Gasteiger partial charge in [-0.2, -0.15) is 0 Å². The molecule has 2 N–H and O–H groups in total. The first-order valence-corrected chi connectivity index (χ1v) is 13.3. The molecule has 0 unspecified atom stereocenters. The SMILES string of the molecule is Cc1ccc(-c2csc(NC(=O)CSCc3nc4sc5c(c4c(=O)[nH]3)CCC5)n2)cc1C. The number of thiophene rings is 1. The van der Waals surface area contributed by atoms with Crippen LogP contribution in [0.15, 0.2) is 28.4 Å². The number of benzene rings is 1. The summed E-state index contributed by atoms with van der Waals surface area (Å²) in [6.07, 6.45) is 3.13. The number of rotatable bonds is 6. The average Bonchev–Trinajstić information content (AvgIpc) is 3.46. The summed E-state index contributed by atoms with van der Waals surface area (Å²) in [7, 11) is 0. The van der Waals surface area contributed by atoms with Gasteiger partial charge in [0.1, 0.15) is 10.7 Å². The zero-order chi connectivity index (χ0) is 22.2. The van der Waals surface area contributed by atoms with Gasteiger partial charge in [0.05, 0.1) is 22.6 Å². The zero-order valence-corrected chi connectivity index (χ0v) is 20.2. The molecule has 0 saturated heterocycles. The molecule has 1 aromatic carbocycles. The minimum Gasteiger partial charge on any atom is -0.309 e. The fourth-order valence-corrected chi connectivity index (χ4v) is 6.58. The van der Waals surface area contributed by atoms with E-state index in [-0.39, 0.29) is 17.2 Å². The standard InChI is InChI=1S/C23H22N4O2S3/c1-12-6-7-14(8-13(12)2)16-9-31-23(24-16)27-19(28)11-30-10-18-25-21(29)20-15-4-3-5-17(15)32-22(20)26-18/h6-9H,3-5,10-11H2,1-2H3,(H,24,27,28)(H,25,26,29).